The fourth-order valence-electron chi connectivity index (χ4n) is 4.54. The molecule has 186 valence electrons. The molecule has 4 rings (SSSR count). The molecule has 0 saturated heterocycles. The third kappa shape index (κ3) is 5.70. The second-order valence-electron chi connectivity index (χ2n) is 10.1. The minimum atomic E-state index is -4.39. The quantitative estimate of drug-likeness (QED) is 0.264. The van der Waals surface area contributed by atoms with Crippen molar-refractivity contribution in [3.63, 3.8) is 0 Å². The molecule has 0 saturated carbocycles. The van der Waals surface area contributed by atoms with Crippen LogP contribution in [0.5, 0.6) is 0 Å². The van der Waals surface area contributed by atoms with Crippen molar-refractivity contribution in [2.75, 3.05) is 0 Å². The summed E-state index contributed by atoms with van der Waals surface area (Å²) < 4.78 is 39.0. The second kappa shape index (κ2) is 10.3. The van der Waals surface area contributed by atoms with Crippen molar-refractivity contribution >= 4 is 0 Å². The molecule has 0 aliphatic heterocycles. The Morgan fingerprint density at radius 1 is 0.722 bits per heavy atom. The minimum absolute atomic E-state index is 0.320. The normalized spacial score (nSPS) is 11.9. The molecule has 0 fully saturated rings. The Labute approximate surface area is 212 Å². The fraction of sp³-hybridized carbons (Fsp3) is 0.281. The molecule has 0 N–H and O–H groups in total. The Bertz CT molecular complexity index is 1350. The Morgan fingerprint density at radius 2 is 1.42 bits per heavy atom. The van der Waals surface area contributed by atoms with Crippen molar-refractivity contribution in [1.29, 1.82) is 0 Å². The maximum atomic E-state index is 13.0. The van der Waals surface area contributed by atoms with Crippen molar-refractivity contribution in [2.45, 2.75) is 59.1 Å². The van der Waals surface area contributed by atoms with Gasteiger partial charge in [-0.2, -0.15) is 13.2 Å². The van der Waals surface area contributed by atoms with Crippen LogP contribution in [-0.2, 0) is 12.6 Å². The van der Waals surface area contributed by atoms with Crippen LogP contribution in [0.15, 0.2) is 79.0 Å². The molecular formula is C32H32F3N. The van der Waals surface area contributed by atoms with Crippen LogP contribution in [-0.4, -0.2) is 4.98 Å². The van der Waals surface area contributed by atoms with Gasteiger partial charge in [-0.3, -0.25) is 4.98 Å². The van der Waals surface area contributed by atoms with Crippen LogP contribution < -0.4 is 0 Å². The highest BCUT2D eigenvalue weighted by Crippen LogP contribution is 2.33. The summed E-state index contributed by atoms with van der Waals surface area (Å²) in [5.74, 6) is 0.783. The molecule has 4 aromatic rings. The summed E-state index contributed by atoms with van der Waals surface area (Å²) in [5, 5.41) is 0. The molecular weight excluding hydrogens is 455 g/mol. The molecule has 0 unspecified atom stereocenters. The van der Waals surface area contributed by atoms with E-state index in [1.165, 1.54) is 45.0 Å². The maximum Gasteiger partial charge on any atom is 0.417 e. The second-order valence-corrected chi connectivity index (χ2v) is 10.1. The van der Waals surface area contributed by atoms with E-state index in [1.54, 1.807) is 0 Å². The third-order valence-electron chi connectivity index (χ3n) is 6.77. The zero-order valence-electron chi connectivity index (χ0n) is 21.4. The van der Waals surface area contributed by atoms with Gasteiger partial charge in [0.2, 0.25) is 0 Å². The molecule has 36 heavy (non-hydrogen) atoms. The van der Waals surface area contributed by atoms with Crippen LogP contribution in [0.2, 0.25) is 0 Å². The first-order valence-corrected chi connectivity index (χ1v) is 12.4. The van der Waals surface area contributed by atoms with Crippen LogP contribution in [0.25, 0.3) is 22.4 Å². The number of aryl methyl sites for hydroxylation is 1. The van der Waals surface area contributed by atoms with E-state index in [-0.39, 0.29) is 0 Å². The molecule has 1 heterocycles. The highest BCUT2D eigenvalue weighted by Gasteiger charge is 2.30. The standard InChI is InChI=1S/C32H32F3N/c1-20(2)23-7-6-8-24(15-23)25-10-9-22(5)27(16-25)18-28-17-26(11-13-30(28)21(3)4)31-14-12-29(19-36-31)32(33,34)35/h6-17,19-21H,18H2,1-5H3. The van der Waals surface area contributed by atoms with Crippen LogP contribution in [0.3, 0.4) is 0 Å². The summed E-state index contributed by atoms with van der Waals surface area (Å²) in [6, 6.07) is 24.0. The number of hydrogen-bond donors (Lipinski definition) is 0. The maximum absolute atomic E-state index is 13.0. The molecule has 1 aromatic heterocycles. The summed E-state index contributed by atoms with van der Waals surface area (Å²) in [6.07, 6.45) is -2.74. The van der Waals surface area contributed by atoms with Gasteiger partial charge in [0.1, 0.15) is 0 Å². The lowest BCUT2D eigenvalue weighted by molar-refractivity contribution is -0.137. The smallest absolute Gasteiger partial charge is 0.256 e. The molecule has 0 aliphatic rings. The fourth-order valence-corrected chi connectivity index (χ4v) is 4.54. The lowest BCUT2D eigenvalue weighted by atomic mass is 9.88. The van der Waals surface area contributed by atoms with Crippen molar-refractivity contribution in [3.05, 3.63) is 112 Å². The van der Waals surface area contributed by atoms with Crippen LogP contribution >= 0.6 is 0 Å². The summed E-state index contributed by atoms with van der Waals surface area (Å²) in [6.45, 7) is 10.8. The Morgan fingerprint density at radius 3 is 2.06 bits per heavy atom. The molecule has 3 aromatic carbocycles. The van der Waals surface area contributed by atoms with E-state index in [2.05, 4.69) is 94.2 Å². The number of hydrogen-bond acceptors (Lipinski definition) is 1. The first-order valence-electron chi connectivity index (χ1n) is 12.4. The lowest BCUT2D eigenvalue weighted by Crippen LogP contribution is -2.05. The van der Waals surface area contributed by atoms with E-state index in [0.717, 1.165) is 24.2 Å². The van der Waals surface area contributed by atoms with Crippen LogP contribution in [0.4, 0.5) is 13.2 Å². The Kier molecular flexibility index (Phi) is 7.35. The molecule has 0 bridgehead atoms. The third-order valence-corrected chi connectivity index (χ3v) is 6.77. The Hall–Kier alpha value is -3.40. The average Bonchev–Trinajstić information content (AvgIpc) is 2.85. The molecule has 0 aliphatic carbocycles. The monoisotopic (exact) mass is 487 g/mol. The number of benzene rings is 3. The van der Waals surface area contributed by atoms with Gasteiger partial charge in [0.25, 0.3) is 0 Å². The number of nitrogens with zero attached hydrogens (tertiary/aromatic N) is 1. The van der Waals surface area contributed by atoms with Crippen molar-refractivity contribution in [2.24, 2.45) is 0 Å². The number of rotatable bonds is 6. The van der Waals surface area contributed by atoms with Crippen molar-refractivity contribution in [3.8, 4) is 22.4 Å². The van der Waals surface area contributed by atoms with Gasteiger partial charge in [0.05, 0.1) is 11.3 Å². The lowest BCUT2D eigenvalue weighted by Gasteiger charge is -2.17. The van der Waals surface area contributed by atoms with Gasteiger partial charge in [-0.05, 0) is 82.3 Å². The highest BCUT2D eigenvalue weighted by atomic mass is 19.4. The molecule has 0 atom stereocenters. The highest BCUT2D eigenvalue weighted by molar-refractivity contribution is 5.67. The van der Waals surface area contributed by atoms with Gasteiger partial charge in [0.15, 0.2) is 0 Å². The van der Waals surface area contributed by atoms with E-state index in [1.807, 2.05) is 6.07 Å². The van der Waals surface area contributed by atoms with E-state index in [0.29, 0.717) is 17.5 Å². The number of halogens is 3. The molecule has 4 heteroatoms. The van der Waals surface area contributed by atoms with E-state index in [4.69, 9.17) is 0 Å². The first-order chi connectivity index (χ1) is 17.0. The Balaban J connectivity index is 1.71. The van der Waals surface area contributed by atoms with Gasteiger partial charge in [0, 0.05) is 11.8 Å². The predicted molar refractivity (Wildman–Crippen MR) is 142 cm³/mol. The van der Waals surface area contributed by atoms with Gasteiger partial charge < -0.3 is 0 Å². The SMILES string of the molecule is Cc1ccc(-c2cccc(C(C)C)c2)cc1Cc1cc(-c2ccc(C(F)(F)F)cn2)ccc1C(C)C. The van der Waals surface area contributed by atoms with Gasteiger partial charge >= 0.3 is 6.18 Å². The van der Waals surface area contributed by atoms with Crippen LogP contribution in [0, 0.1) is 6.92 Å². The van der Waals surface area contributed by atoms with Gasteiger partial charge in [-0.1, -0.05) is 82.3 Å². The molecule has 0 amide bonds. The topological polar surface area (TPSA) is 12.9 Å². The average molecular weight is 488 g/mol. The van der Waals surface area contributed by atoms with E-state index < -0.39 is 11.7 Å². The van der Waals surface area contributed by atoms with E-state index in [9.17, 15) is 13.2 Å². The number of alkyl halides is 3. The van der Waals surface area contributed by atoms with Gasteiger partial charge in [-0.25, -0.2) is 0 Å². The molecule has 0 radical (unpaired) electrons. The number of aromatic nitrogens is 1. The largest absolute Gasteiger partial charge is 0.417 e. The number of pyridine rings is 1. The summed E-state index contributed by atoms with van der Waals surface area (Å²) in [7, 11) is 0. The predicted octanol–water partition coefficient (Wildman–Crippen LogP) is 9.58. The van der Waals surface area contributed by atoms with Crippen molar-refractivity contribution in [1.82, 2.24) is 4.98 Å². The first kappa shape index (κ1) is 25.7. The summed E-state index contributed by atoms with van der Waals surface area (Å²) in [4.78, 5) is 4.11. The van der Waals surface area contributed by atoms with E-state index >= 15 is 0 Å². The van der Waals surface area contributed by atoms with Crippen LogP contribution in [0.1, 0.15) is 72.9 Å². The zero-order chi connectivity index (χ0) is 26.0. The summed E-state index contributed by atoms with van der Waals surface area (Å²) >= 11 is 0. The van der Waals surface area contributed by atoms with Gasteiger partial charge in [-0.15, -0.1) is 0 Å². The zero-order valence-corrected chi connectivity index (χ0v) is 21.4. The minimum Gasteiger partial charge on any atom is -0.256 e. The van der Waals surface area contributed by atoms with Crippen molar-refractivity contribution < 1.29 is 13.2 Å². The summed E-state index contributed by atoms with van der Waals surface area (Å²) in [5.41, 5.74) is 9.18. The molecule has 1 nitrogen and oxygen atoms in total. The molecule has 0 spiro atoms.